The van der Waals surface area contributed by atoms with Crippen LogP contribution in [0.1, 0.15) is 0 Å². The Labute approximate surface area is 272 Å². The molecule has 212 valence electrons. The maximum atomic E-state index is 2.49. The van der Waals surface area contributed by atoms with E-state index in [2.05, 4.69) is 168 Å². The lowest BCUT2D eigenvalue weighted by atomic mass is 9.21. The van der Waals surface area contributed by atoms with Crippen LogP contribution in [0.25, 0.3) is 47.7 Å². The molecule has 7 aromatic carbocycles. The molecule has 46 heavy (non-hydrogen) atoms. The van der Waals surface area contributed by atoms with E-state index >= 15 is 0 Å². The van der Waals surface area contributed by atoms with Gasteiger partial charge < -0.3 is 4.57 Å². The van der Waals surface area contributed by atoms with Crippen LogP contribution in [-0.4, -0.2) is 18.0 Å². The summed E-state index contributed by atoms with van der Waals surface area (Å²) >= 11 is 1.91. The summed E-state index contributed by atoms with van der Waals surface area (Å²) in [6.07, 6.45) is 0. The molecule has 0 saturated carbocycles. The van der Waals surface area contributed by atoms with Gasteiger partial charge in [-0.05, 0) is 35.7 Å². The molecule has 0 bridgehead atoms. The van der Waals surface area contributed by atoms with Crippen LogP contribution in [0.2, 0.25) is 0 Å². The highest BCUT2D eigenvalue weighted by Gasteiger charge is 2.39. The Morgan fingerprint density at radius 3 is 1.48 bits per heavy atom. The van der Waals surface area contributed by atoms with Gasteiger partial charge in [0.05, 0.1) is 16.7 Å². The highest BCUT2D eigenvalue weighted by molar-refractivity contribution is 7.26. The van der Waals surface area contributed by atoms with Gasteiger partial charge in [-0.1, -0.05) is 166 Å². The van der Waals surface area contributed by atoms with Crippen molar-refractivity contribution in [3.63, 3.8) is 0 Å². The van der Waals surface area contributed by atoms with E-state index in [0.29, 0.717) is 0 Å². The molecule has 10 rings (SSSR count). The summed E-state index contributed by atoms with van der Waals surface area (Å²) in [5.74, 6) is 0. The van der Waals surface area contributed by atoms with Crippen LogP contribution in [0.15, 0.2) is 164 Å². The Balaban J connectivity index is 1.30. The lowest BCUT2D eigenvalue weighted by Crippen LogP contribution is -2.74. The number of hydrogen-bond donors (Lipinski definition) is 0. The van der Waals surface area contributed by atoms with Crippen LogP contribution in [0.4, 0.5) is 0 Å². The van der Waals surface area contributed by atoms with E-state index in [1.165, 1.54) is 80.4 Å². The summed E-state index contributed by atoms with van der Waals surface area (Å²) in [5.41, 5.74) is 12.0. The largest absolute Gasteiger partial charge is 0.309 e. The first-order chi connectivity index (χ1) is 22.9. The van der Waals surface area contributed by atoms with Crippen molar-refractivity contribution in [3.05, 3.63) is 164 Å². The van der Waals surface area contributed by atoms with Gasteiger partial charge in [0.25, 0.3) is 0 Å². The molecule has 1 nitrogen and oxygen atoms in total. The molecule has 0 spiro atoms. The molecule has 9 aromatic rings. The average molecular weight is 599 g/mol. The average Bonchev–Trinajstić information content (AvgIpc) is 3.67. The van der Waals surface area contributed by atoms with Crippen molar-refractivity contribution in [2.75, 3.05) is 0 Å². The number of rotatable bonds is 3. The third-order valence-electron chi connectivity index (χ3n) is 10.0. The standard InChI is InChI=1S/C42H27B2NS/c1-2-14-28(15-3-1)43-31-18-6-8-20-33(31)44(34-21-9-7-19-32(34)43)35-22-12-26-39-41(35)42-38(25-13-27-40(42)46-39)45-36-23-10-4-16-29(36)30-17-5-11-24-37(30)45/h1-27H. The maximum absolute atomic E-state index is 2.49. The topological polar surface area (TPSA) is 4.93 Å². The molecular weight excluding hydrogens is 572 g/mol. The fourth-order valence-electron chi connectivity index (χ4n) is 8.23. The second-order valence-electron chi connectivity index (χ2n) is 12.4. The van der Waals surface area contributed by atoms with Gasteiger partial charge in [-0.15, -0.1) is 11.3 Å². The molecule has 4 heteroatoms. The quantitative estimate of drug-likeness (QED) is 0.205. The number of benzene rings is 7. The number of fused-ring (bicyclic) bond motifs is 8. The Bertz CT molecular complexity index is 2510. The summed E-state index contributed by atoms with van der Waals surface area (Å²) < 4.78 is 5.15. The van der Waals surface area contributed by atoms with E-state index in [9.17, 15) is 0 Å². The molecule has 0 N–H and O–H groups in total. The van der Waals surface area contributed by atoms with Crippen molar-refractivity contribution >= 4 is 99.5 Å². The molecule has 2 aromatic heterocycles. The first-order valence-corrected chi connectivity index (χ1v) is 16.8. The van der Waals surface area contributed by atoms with Gasteiger partial charge in [0.2, 0.25) is 13.4 Å². The Kier molecular flexibility index (Phi) is 5.70. The minimum absolute atomic E-state index is 0.125. The molecule has 0 fully saturated rings. The van der Waals surface area contributed by atoms with Crippen molar-refractivity contribution in [1.82, 2.24) is 4.57 Å². The number of hydrogen-bond acceptors (Lipinski definition) is 1. The van der Waals surface area contributed by atoms with Crippen molar-refractivity contribution in [1.29, 1.82) is 0 Å². The van der Waals surface area contributed by atoms with Gasteiger partial charge in [-0.2, -0.15) is 0 Å². The van der Waals surface area contributed by atoms with Crippen LogP contribution in [0.5, 0.6) is 0 Å². The van der Waals surface area contributed by atoms with E-state index in [0.717, 1.165) is 0 Å². The lowest BCUT2D eigenvalue weighted by Gasteiger charge is -2.32. The first kappa shape index (κ1) is 26.0. The molecule has 0 amide bonds. The lowest BCUT2D eigenvalue weighted by molar-refractivity contribution is 1.20. The molecule has 0 unspecified atom stereocenters. The normalized spacial score (nSPS) is 12.7. The maximum Gasteiger partial charge on any atom is 0.240 e. The molecule has 1 aliphatic rings. The fraction of sp³-hybridized carbons (Fsp3) is 0. The molecule has 0 aliphatic carbocycles. The number of nitrogens with zero attached hydrogens (tertiary/aromatic N) is 1. The Morgan fingerprint density at radius 2 is 0.848 bits per heavy atom. The first-order valence-electron chi connectivity index (χ1n) is 16.0. The van der Waals surface area contributed by atoms with E-state index in [-0.39, 0.29) is 13.4 Å². The molecule has 1 aliphatic heterocycles. The van der Waals surface area contributed by atoms with Gasteiger partial charge in [0, 0.05) is 25.6 Å². The van der Waals surface area contributed by atoms with Gasteiger partial charge in [0.15, 0.2) is 0 Å². The molecule has 0 atom stereocenters. The van der Waals surface area contributed by atoms with Crippen molar-refractivity contribution in [2.45, 2.75) is 0 Å². The molecule has 3 heterocycles. The van der Waals surface area contributed by atoms with Crippen LogP contribution >= 0.6 is 11.3 Å². The summed E-state index contributed by atoms with van der Waals surface area (Å²) in [5, 5.41) is 5.28. The zero-order valence-corrected chi connectivity index (χ0v) is 25.9. The number of para-hydroxylation sites is 2. The van der Waals surface area contributed by atoms with Crippen molar-refractivity contribution in [2.24, 2.45) is 0 Å². The third-order valence-corrected chi connectivity index (χ3v) is 11.2. The second-order valence-corrected chi connectivity index (χ2v) is 13.5. The fourth-order valence-corrected chi connectivity index (χ4v) is 9.39. The molecule has 0 radical (unpaired) electrons. The second kappa shape index (κ2) is 10.1. The van der Waals surface area contributed by atoms with Crippen LogP contribution < -0.4 is 32.8 Å². The monoisotopic (exact) mass is 599 g/mol. The summed E-state index contributed by atoms with van der Waals surface area (Å²) in [6, 6.07) is 60.8. The van der Waals surface area contributed by atoms with Gasteiger partial charge in [0.1, 0.15) is 0 Å². The predicted octanol–water partition coefficient (Wildman–Crippen LogP) is 6.50. The van der Waals surface area contributed by atoms with Gasteiger partial charge in [-0.25, -0.2) is 0 Å². The smallest absolute Gasteiger partial charge is 0.240 e. The summed E-state index contributed by atoms with van der Waals surface area (Å²) in [7, 11) is 0. The SMILES string of the molecule is c1ccc(B2c3ccccc3B(c3cccc4sc5cccc(-n6c7ccccc7c7ccccc76)c5c34)c3ccccc32)cc1. The predicted molar refractivity (Wildman–Crippen MR) is 202 cm³/mol. The number of thiophene rings is 1. The number of aromatic nitrogens is 1. The van der Waals surface area contributed by atoms with Gasteiger partial charge in [-0.3, -0.25) is 0 Å². The van der Waals surface area contributed by atoms with E-state index in [1.807, 2.05) is 11.3 Å². The zero-order chi connectivity index (χ0) is 30.2. The van der Waals surface area contributed by atoms with E-state index < -0.39 is 0 Å². The minimum Gasteiger partial charge on any atom is -0.309 e. The third kappa shape index (κ3) is 3.65. The van der Waals surface area contributed by atoms with Crippen LogP contribution in [-0.2, 0) is 0 Å². The van der Waals surface area contributed by atoms with Crippen LogP contribution in [0.3, 0.4) is 0 Å². The molecule has 0 saturated heterocycles. The minimum atomic E-state index is 0.125. The summed E-state index contributed by atoms with van der Waals surface area (Å²) in [4.78, 5) is 0. The Hall–Kier alpha value is -5.31. The summed E-state index contributed by atoms with van der Waals surface area (Å²) in [6.45, 7) is 0.330. The van der Waals surface area contributed by atoms with E-state index in [4.69, 9.17) is 0 Å². The van der Waals surface area contributed by atoms with Crippen LogP contribution in [0, 0.1) is 0 Å². The highest BCUT2D eigenvalue weighted by Crippen LogP contribution is 2.40. The van der Waals surface area contributed by atoms with Gasteiger partial charge >= 0.3 is 0 Å². The Morgan fingerprint density at radius 1 is 0.370 bits per heavy atom. The van der Waals surface area contributed by atoms with Crippen molar-refractivity contribution in [3.8, 4) is 5.69 Å². The van der Waals surface area contributed by atoms with Crippen molar-refractivity contribution < 1.29 is 0 Å². The highest BCUT2D eigenvalue weighted by atomic mass is 32.1. The zero-order valence-electron chi connectivity index (χ0n) is 25.1. The molecular formula is C42H27B2NS. The van der Waals surface area contributed by atoms with E-state index in [1.54, 1.807) is 0 Å².